The second-order valence-electron chi connectivity index (χ2n) is 6.39. The molecule has 1 saturated heterocycles. The van der Waals surface area contributed by atoms with Gasteiger partial charge in [0.2, 0.25) is 0 Å². The zero-order chi connectivity index (χ0) is 17.8. The number of carbonyl (C=O) groups excluding carboxylic acids is 1. The molecule has 0 atom stereocenters. The first-order valence-corrected chi connectivity index (χ1v) is 8.72. The maximum Gasteiger partial charge on any atom is 0.409 e. The maximum absolute atomic E-state index is 12.2. The van der Waals surface area contributed by atoms with E-state index in [0.717, 1.165) is 25.9 Å². The summed E-state index contributed by atoms with van der Waals surface area (Å²) in [6.07, 6.45) is 1.50. The number of carbonyl (C=O) groups is 1. The van der Waals surface area contributed by atoms with Crippen LogP contribution in [0.5, 0.6) is 0 Å². The zero-order valence-corrected chi connectivity index (χ0v) is 16.0. The predicted molar refractivity (Wildman–Crippen MR) is 103 cm³/mol. The molecule has 0 aliphatic carbocycles. The van der Waals surface area contributed by atoms with Gasteiger partial charge in [0.1, 0.15) is 11.3 Å². The molecule has 1 aromatic heterocycles. The Kier molecular flexibility index (Phi) is 7.06. The molecule has 0 bridgehead atoms. The van der Waals surface area contributed by atoms with Gasteiger partial charge in [-0.1, -0.05) is 12.1 Å². The van der Waals surface area contributed by atoms with Gasteiger partial charge in [-0.3, -0.25) is 9.69 Å². The zero-order valence-electron chi connectivity index (χ0n) is 15.1. The molecule has 0 radical (unpaired) electrons. The highest BCUT2D eigenvalue weighted by atomic mass is 35.5. The molecular weight excluding hydrogens is 356 g/mol. The van der Waals surface area contributed by atoms with Crippen LogP contribution < -0.4 is 5.43 Å². The molecule has 3 rings (SSSR count). The quantitative estimate of drug-likeness (QED) is 0.814. The van der Waals surface area contributed by atoms with Gasteiger partial charge in [-0.25, -0.2) is 4.79 Å². The summed E-state index contributed by atoms with van der Waals surface area (Å²) < 4.78 is 10.9. The Hall–Kier alpha value is -2.05. The van der Waals surface area contributed by atoms with Crippen LogP contribution in [0.1, 0.15) is 25.5 Å². The SMILES string of the molecule is CCOC(=O)N(C)C1CCN(Cc2cc(=O)c3ccccc3o2)CC1.Cl. The highest BCUT2D eigenvalue weighted by Gasteiger charge is 2.26. The van der Waals surface area contributed by atoms with Crippen LogP contribution in [0.2, 0.25) is 0 Å². The summed E-state index contributed by atoms with van der Waals surface area (Å²) in [7, 11) is 1.79. The Bertz CT molecular complexity index is 799. The Morgan fingerprint density at radius 2 is 2.00 bits per heavy atom. The molecule has 2 heterocycles. The van der Waals surface area contributed by atoms with E-state index in [1.165, 1.54) is 0 Å². The molecule has 0 saturated carbocycles. The lowest BCUT2D eigenvalue weighted by Gasteiger charge is -2.35. The molecule has 1 fully saturated rings. The molecule has 2 aromatic rings. The molecule has 7 heteroatoms. The van der Waals surface area contributed by atoms with Gasteiger partial charge < -0.3 is 14.1 Å². The van der Waals surface area contributed by atoms with Crippen LogP contribution in [0.4, 0.5) is 4.79 Å². The number of piperidine rings is 1. The van der Waals surface area contributed by atoms with E-state index in [0.29, 0.717) is 29.9 Å². The lowest BCUT2D eigenvalue weighted by Crippen LogP contribution is -2.45. The van der Waals surface area contributed by atoms with Gasteiger partial charge in [0.15, 0.2) is 5.43 Å². The summed E-state index contributed by atoms with van der Waals surface area (Å²) in [5, 5.41) is 0.612. The largest absolute Gasteiger partial charge is 0.459 e. The van der Waals surface area contributed by atoms with E-state index in [4.69, 9.17) is 9.15 Å². The third kappa shape index (κ3) is 4.56. The Labute approximate surface area is 159 Å². The number of para-hydroxylation sites is 1. The first kappa shape index (κ1) is 20.3. The van der Waals surface area contributed by atoms with Crippen LogP contribution in [-0.2, 0) is 11.3 Å². The number of ether oxygens (including phenoxy) is 1. The molecule has 0 spiro atoms. The third-order valence-corrected chi connectivity index (χ3v) is 4.73. The number of likely N-dealkylation sites (tertiary alicyclic amines) is 1. The van der Waals surface area contributed by atoms with Gasteiger partial charge in [0, 0.05) is 32.2 Å². The van der Waals surface area contributed by atoms with E-state index in [1.54, 1.807) is 24.1 Å². The smallest absolute Gasteiger partial charge is 0.409 e. The number of nitrogens with zero attached hydrogens (tertiary/aromatic N) is 2. The maximum atomic E-state index is 12.2. The summed E-state index contributed by atoms with van der Waals surface area (Å²) in [5.74, 6) is 0.681. The fourth-order valence-corrected chi connectivity index (χ4v) is 3.29. The first-order valence-electron chi connectivity index (χ1n) is 8.72. The van der Waals surface area contributed by atoms with E-state index in [1.807, 2.05) is 25.1 Å². The number of halogens is 1. The summed E-state index contributed by atoms with van der Waals surface area (Å²) in [4.78, 5) is 27.9. The van der Waals surface area contributed by atoms with Crippen LogP contribution >= 0.6 is 12.4 Å². The second kappa shape index (κ2) is 9.05. The van der Waals surface area contributed by atoms with Crippen molar-refractivity contribution in [3.05, 3.63) is 46.3 Å². The standard InChI is InChI=1S/C19H24N2O4.ClH/c1-3-24-19(23)20(2)14-8-10-21(11-9-14)13-15-12-17(22)16-6-4-5-7-18(16)25-15;/h4-7,12,14H,3,8-11,13H2,1-2H3;1H. The number of fused-ring (bicyclic) bond motifs is 1. The van der Waals surface area contributed by atoms with E-state index in [-0.39, 0.29) is 30.0 Å². The molecule has 1 amide bonds. The summed E-state index contributed by atoms with van der Waals surface area (Å²) >= 11 is 0. The van der Waals surface area contributed by atoms with Crippen LogP contribution in [0.15, 0.2) is 39.5 Å². The van der Waals surface area contributed by atoms with Crippen molar-refractivity contribution in [2.75, 3.05) is 26.7 Å². The van der Waals surface area contributed by atoms with Gasteiger partial charge in [0.05, 0.1) is 18.5 Å². The minimum atomic E-state index is -0.263. The van der Waals surface area contributed by atoms with Crippen LogP contribution in [0.25, 0.3) is 11.0 Å². The van der Waals surface area contributed by atoms with Crippen LogP contribution in [-0.4, -0.2) is 48.7 Å². The average molecular weight is 381 g/mol. The van der Waals surface area contributed by atoms with Crippen molar-refractivity contribution in [2.24, 2.45) is 0 Å². The number of hydrogen-bond donors (Lipinski definition) is 0. The Morgan fingerprint density at radius 3 is 2.69 bits per heavy atom. The summed E-state index contributed by atoms with van der Waals surface area (Å²) in [5.41, 5.74) is 0.621. The molecule has 26 heavy (non-hydrogen) atoms. The number of rotatable bonds is 4. The molecule has 1 aliphatic heterocycles. The van der Waals surface area contributed by atoms with Crippen molar-refractivity contribution < 1.29 is 13.9 Å². The number of hydrogen-bond acceptors (Lipinski definition) is 5. The molecule has 1 aliphatic rings. The van der Waals surface area contributed by atoms with E-state index < -0.39 is 0 Å². The highest BCUT2D eigenvalue weighted by molar-refractivity contribution is 5.85. The highest BCUT2D eigenvalue weighted by Crippen LogP contribution is 2.19. The minimum absolute atomic E-state index is 0. The van der Waals surface area contributed by atoms with Crippen molar-refractivity contribution in [1.29, 1.82) is 0 Å². The Morgan fingerprint density at radius 1 is 1.31 bits per heavy atom. The van der Waals surface area contributed by atoms with Crippen molar-refractivity contribution in [3.8, 4) is 0 Å². The lowest BCUT2D eigenvalue weighted by atomic mass is 10.0. The van der Waals surface area contributed by atoms with E-state index in [2.05, 4.69) is 4.90 Å². The van der Waals surface area contributed by atoms with Crippen molar-refractivity contribution in [2.45, 2.75) is 32.4 Å². The lowest BCUT2D eigenvalue weighted by molar-refractivity contribution is 0.0775. The molecule has 0 unspecified atom stereocenters. The summed E-state index contributed by atoms with van der Waals surface area (Å²) in [6, 6.07) is 9.08. The average Bonchev–Trinajstić information content (AvgIpc) is 2.62. The molecule has 0 N–H and O–H groups in total. The van der Waals surface area contributed by atoms with Crippen molar-refractivity contribution in [1.82, 2.24) is 9.80 Å². The molecule has 1 aromatic carbocycles. The first-order chi connectivity index (χ1) is 12.1. The van der Waals surface area contributed by atoms with Crippen LogP contribution in [0.3, 0.4) is 0 Å². The van der Waals surface area contributed by atoms with E-state index >= 15 is 0 Å². The van der Waals surface area contributed by atoms with Gasteiger partial charge in [-0.05, 0) is 31.9 Å². The molecular formula is C19H25ClN2O4. The number of amides is 1. The van der Waals surface area contributed by atoms with Gasteiger partial charge >= 0.3 is 6.09 Å². The topological polar surface area (TPSA) is 63.0 Å². The fraction of sp³-hybridized carbons (Fsp3) is 0.474. The fourth-order valence-electron chi connectivity index (χ4n) is 3.29. The summed E-state index contributed by atoms with van der Waals surface area (Å²) in [6.45, 7) is 4.51. The normalized spacial score (nSPS) is 15.5. The van der Waals surface area contributed by atoms with Crippen molar-refractivity contribution >= 4 is 29.5 Å². The monoisotopic (exact) mass is 380 g/mol. The van der Waals surface area contributed by atoms with Crippen LogP contribution in [0, 0.1) is 0 Å². The number of benzene rings is 1. The van der Waals surface area contributed by atoms with Gasteiger partial charge in [0.25, 0.3) is 0 Å². The minimum Gasteiger partial charge on any atom is -0.459 e. The van der Waals surface area contributed by atoms with Gasteiger partial charge in [-0.15, -0.1) is 12.4 Å². The molecule has 6 nitrogen and oxygen atoms in total. The second-order valence-corrected chi connectivity index (χ2v) is 6.39. The Balaban J connectivity index is 0.00000243. The predicted octanol–water partition coefficient (Wildman–Crippen LogP) is 3.27. The van der Waals surface area contributed by atoms with Crippen molar-refractivity contribution in [3.63, 3.8) is 0 Å². The van der Waals surface area contributed by atoms with E-state index in [9.17, 15) is 9.59 Å². The van der Waals surface area contributed by atoms with Gasteiger partial charge in [-0.2, -0.15) is 0 Å². The third-order valence-electron chi connectivity index (χ3n) is 4.73. The molecule has 142 valence electrons.